The molecule has 0 radical (unpaired) electrons. The Morgan fingerprint density at radius 3 is 2.75 bits per heavy atom. The van der Waals surface area contributed by atoms with Gasteiger partial charge in [-0.15, -0.1) is 0 Å². The van der Waals surface area contributed by atoms with Crippen molar-refractivity contribution < 1.29 is 14.7 Å². The minimum absolute atomic E-state index is 0.0370. The second-order valence-corrected chi connectivity index (χ2v) is 6.88. The van der Waals surface area contributed by atoms with Crippen LogP contribution in [0.3, 0.4) is 0 Å². The summed E-state index contributed by atoms with van der Waals surface area (Å²) in [7, 11) is 0. The summed E-state index contributed by atoms with van der Waals surface area (Å²) in [6, 6.07) is 7.46. The van der Waals surface area contributed by atoms with E-state index >= 15 is 0 Å². The summed E-state index contributed by atoms with van der Waals surface area (Å²) in [4.78, 5) is 26.0. The zero-order chi connectivity index (χ0) is 14.3. The van der Waals surface area contributed by atoms with E-state index in [1.165, 1.54) is 0 Å². The van der Waals surface area contributed by atoms with Crippen LogP contribution in [0.25, 0.3) is 0 Å². The lowest BCUT2D eigenvalue weighted by molar-refractivity contribution is -0.149. The van der Waals surface area contributed by atoms with Crippen molar-refractivity contribution in [1.29, 1.82) is 0 Å². The highest BCUT2D eigenvalue weighted by Gasteiger charge is 2.55. The molecule has 1 aliphatic heterocycles. The fourth-order valence-electron chi connectivity index (χ4n) is 3.60. The van der Waals surface area contributed by atoms with Crippen LogP contribution in [-0.2, 0) is 4.79 Å². The third-order valence-electron chi connectivity index (χ3n) is 4.69. The van der Waals surface area contributed by atoms with Crippen molar-refractivity contribution in [3.8, 4) is 0 Å². The molecule has 1 amide bonds. The quantitative estimate of drug-likeness (QED) is 0.797. The average Bonchev–Trinajstić information content (AvgIpc) is 2.96. The number of likely N-dealkylation sites (tertiary alicyclic amines) is 1. The zero-order valence-electron chi connectivity index (χ0n) is 11.0. The highest BCUT2D eigenvalue weighted by Crippen LogP contribution is 2.49. The Morgan fingerprint density at radius 1 is 1.35 bits per heavy atom. The van der Waals surface area contributed by atoms with Crippen LogP contribution in [0.4, 0.5) is 0 Å². The van der Waals surface area contributed by atoms with Crippen molar-refractivity contribution in [2.45, 2.75) is 19.3 Å². The first-order valence-corrected chi connectivity index (χ1v) is 7.90. The summed E-state index contributed by atoms with van der Waals surface area (Å²) in [6.07, 6.45) is 2.58. The number of carboxylic acids is 1. The highest BCUT2D eigenvalue weighted by molar-refractivity contribution is 14.1. The molecule has 0 bridgehead atoms. The van der Waals surface area contributed by atoms with Crippen LogP contribution in [0.15, 0.2) is 24.3 Å². The van der Waals surface area contributed by atoms with Gasteiger partial charge in [-0.3, -0.25) is 9.59 Å². The number of rotatable bonds is 2. The fraction of sp³-hybridized carbons (Fsp3) is 0.467. The summed E-state index contributed by atoms with van der Waals surface area (Å²) in [5.74, 6) is -0.659. The van der Waals surface area contributed by atoms with Gasteiger partial charge in [-0.2, -0.15) is 0 Å². The maximum atomic E-state index is 12.6. The van der Waals surface area contributed by atoms with Gasteiger partial charge in [0.1, 0.15) is 0 Å². The number of fused-ring (bicyclic) bond motifs is 1. The number of amides is 1. The molecule has 5 heteroatoms. The maximum Gasteiger partial charge on any atom is 0.311 e. The molecule has 1 N–H and O–H groups in total. The van der Waals surface area contributed by atoms with E-state index in [2.05, 4.69) is 22.6 Å². The Bertz CT molecular complexity index is 574. The standard InChI is InChI=1S/C15H16INO3/c16-12-6-2-1-5-11(12)13(18)17-8-10-4-3-7-15(10,9-17)14(19)20/h1-2,5-6,10H,3-4,7-9H2,(H,19,20)/t10-,15+/m0/s1. The van der Waals surface area contributed by atoms with Crippen molar-refractivity contribution in [2.75, 3.05) is 13.1 Å². The number of benzene rings is 1. The van der Waals surface area contributed by atoms with Crippen LogP contribution in [0.5, 0.6) is 0 Å². The third-order valence-corrected chi connectivity index (χ3v) is 5.63. The third kappa shape index (κ3) is 2.03. The molecule has 0 aromatic heterocycles. The second-order valence-electron chi connectivity index (χ2n) is 5.72. The molecule has 1 saturated heterocycles. The normalized spacial score (nSPS) is 28.4. The van der Waals surface area contributed by atoms with Gasteiger partial charge in [0.2, 0.25) is 0 Å². The summed E-state index contributed by atoms with van der Waals surface area (Å²) >= 11 is 2.15. The largest absolute Gasteiger partial charge is 0.481 e. The number of carbonyl (C=O) groups is 2. The van der Waals surface area contributed by atoms with Gasteiger partial charge in [0, 0.05) is 16.7 Å². The van der Waals surface area contributed by atoms with E-state index < -0.39 is 11.4 Å². The van der Waals surface area contributed by atoms with Gasteiger partial charge in [0.15, 0.2) is 0 Å². The highest BCUT2D eigenvalue weighted by atomic mass is 127. The van der Waals surface area contributed by atoms with E-state index in [9.17, 15) is 14.7 Å². The van der Waals surface area contributed by atoms with E-state index in [0.29, 0.717) is 25.1 Å². The molecule has 1 aliphatic carbocycles. The summed E-state index contributed by atoms with van der Waals surface area (Å²) in [5.41, 5.74) is -0.0239. The molecular formula is C15H16INO3. The Morgan fingerprint density at radius 2 is 2.10 bits per heavy atom. The van der Waals surface area contributed by atoms with E-state index in [0.717, 1.165) is 16.4 Å². The topological polar surface area (TPSA) is 57.6 Å². The number of nitrogens with zero attached hydrogens (tertiary/aromatic N) is 1. The SMILES string of the molecule is O=C(c1ccccc1I)N1C[C@@H]2CCC[C@@]2(C(=O)O)C1. The molecule has 4 nitrogen and oxygen atoms in total. The van der Waals surface area contributed by atoms with Gasteiger partial charge in [-0.05, 0) is 53.5 Å². The molecule has 3 rings (SSSR count). The Balaban J connectivity index is 1.86. The van der Waals surface area contributed by atoms with E-state index in [-0.39, 0.29) is 11.8 Å². The Hall–Kier alpha value is -1.11. The predicted molar refractivity (Wildman–Crippen MR) is 82.5 cm³/mol. The minimum Gasteiger partial charge on any atom is -0.481 e. The molecule has 1 heterocycles. The van der Waals surface area contributed by atoms with E-state index in [1.807, 2.05) is 24.3 Å². The number of aliphatic carboxylic acids is 1. The van der Waals surface area contributed by atoms with Crippen molar-refractivity contribution in [2.24, 2.45) is 11.3 Å². The van der Waals surface area contributed by atoms with Crippen LogP contribution < -0.4 is 0 Å². The summed E-state index contributed by atoms with van der Waals surface area (Å²) < 4.78 is 0.913. The van der Waals surface area contributed by atoms with Crippen molar-refractivity contribution in [3.05, 3.63) is 33.4 Å². The van der Waals surface area contributed by atoms with Crippen LogP contribution >= 0.6 is 22.6 Å². The van der Waals surface area contributed by atoms with Crippen molar-refractivity contribution in [3.63, 3.8) is 0 Å². The molecule has 0 unspecified atom stereocenters. The lowest BCUT2D eigenvalue weighted by atomic mass is 9.81. The fourth-order valence-corrected chi connectivity index (χ4v) is 4.22. The second kappa shape index (κ2) is 5.02. The predicted octanol–water partition coefficient (Wildman–Crippen LogP) is 2.62. The molecular weight excluding hydrogens is 369 g/mol. The number of carbonyl (C=O) groups excluding carboxylic acids is 1. The van der Waals surface area contributed by atoms with Gasteiger partial charge >= 0.3 is 5.97 Å². The van der Waals surface area contributed by atoms with Crippen molar-refractivity contribution >= 4 is 34.5 Å². The van der Waals surface area contributed by atoms with Crippen LogP contribution in [-0.4, -0.2) is 35.0 Å². The zero-order valence-corrected chi connectivity index (χ0v) is 13.2. The molecule has 20 heavy (non-hydrogen) atoms. The van der Waals surface area contributed by atoms with E-state index in [1.54, 1.807) is 4.90 Å². The monoisotopic (exact) mass is 385 g/mol. The molecule has 2 aliphatic rings. The summed E-state index contributed by atoms with van der Waals surface area (Å²) in [6.45, 7) is 0.937. The first-order chi connectivity index (χ1) is 9.54. The van der Waals surface area contributed by atoms with Gasteiger partial charge < -0.3 is 10.0 Å². The van der Waals surface area contributed by atoms with Crippen LogP contribution in [0.1, 0.15) is 29.6 Å². The number of carboxylic acid groups (broad SMARTS) is 1. The lowest BCUT2D eigenvalue weighted by Gasteiger charge is -2.23. The van der Waals surface area contributed by atoms with Crippen molar-refractivity contribution in [1.82, 2.24) is 4.90 Å². The first kappa shape index (κ1) is 13.9. The van der Waals surface area contributed by atoms with E-state index in [4.69, 9.17) is 0 Å². The minimum atomic E-state index is -0.738. The molecule has 2 atom stereocenters. The lowest BCUT2D eigenvalue weighted by Crippen LogP contribution is -2.37. The molecule has 2 fully saturated rings. The first-order valence-electron chi connectivity index (χ1n) is 6.82. The smallest absolute Gasteiger partial charge is 0.311 e. The van der Waals surface area contributed by atoms with Crippen LogP contribution in [0.2, 0.25) is 0 Å². The number of halogens is 1. The molecule has 106 valence electrons. The molecule has 1 aromatic carbocycles. The molecule has 1 saturated carbocycles. The van der Waals surface area contributed by atoms with Gasteiger partial charge in [0.25, 0.3) is 5.91 Å². The van der Waals surface area contributed by atoms with Gasteiger partial charge in [-0.25, -0.2) is 0 Å². The molecule has 1 aromatic rings. The van der Waals surface area contributed by atoms with Gasteiger partial charge in [0.05, 0.1) is 11.0 Å². The van der Waals surface area contributed by atoms with Gasteiger partial charge in [-0.1, -0.05) is 18.6 Å². The van der Waals surface area contributed by atoms with Crippen LogP contribution in [0, 0.1) is 14.9 Å². The number of hydrogen-bond donors (Lipinski definition) is 1. The molecule has 0 spiro atoms. The average molecular weight is 385 g/mol. The Kier molecular flexibility index (Phi) is 3.48. The Labute approximate surface area is 131 Å². The number of hydrogen-bond acceptors (Lipinski definition) is 2. The summed E-state index contributed by atoms with van der Waals surface area (Å²) in [5, 5.41) is 9.56. The maximum absolute atomic E-state index is 12.6.